The molecule has 0 aliphatic heterocycles. The van der Waals surface area contributed by atoms with Crippen LogP contribution in [0.3, 0.4) is 0 Å². The number of nitrogens with one attached hydrogen (secondary N) is 1. The first-order chi connectivity index (χ1) is 9.70. The van der Waals surface area contributed by atoms with E-state index in [1.807, 2.05) is 12.1 Å². The lowest BCUT2D eigenvalue weighted by Gasteiger charge is -2.09. The van der Waals surface area contributed by atoms with Gasteiger partial charge in [-0.25, -0.2) is 9.78 Å². The van der Waals surface area contributed by atoms with E-state index in [4.69, 9.17) is 4.74 Å². The lowest BCUT2D eigenvalue weighted by atomic mass is 10.1. The van der Waals surface area contributed by atoms with Gasteiger partial charge in [0.1, 0.15) is 17.1 Å². The maximum atomic E-state index is 11.6. The Kier molecular flexibility index (Phi) is 4.55. The fourth-order valence-electron chi connectivity index (χ4n) is 1.81. The first-order valence-electron chi connectivity index (χ1n) is 6.26. The van der Waals surface area contributed by atoms with Crippen LogP contribution in [0.4, 0.5) is 5.82 Å². The number of methoxy groups -OCH3 is 1. The summed E-state index contributed by atoms with van der Waals surface area (Å²) in [6.45, 7) is 0.631. The zero-order valence-electron chi connectivity index (χ0n) is 11.2. The van der Waals surface area contributed by atoms with Crippen LogP contribution in [0.5, 0.6) is 5.75 Å². The summed E-state index contributed by atoms with van der Waals surface area (Å²) < 4.78 is 4.71. The number of ether oxygens (including phenoxy) is 1. The first kappa shape index (κ1) is 13.9. The minimum absolute atomic E-state index is 0.249. The first-order valence-corrected chi connectivity index (χ1v) is 6.26. The van der Waals surface area contributed by atoms with Crippen molar-refractivity contribution >= 4 is 11.8 Å². The molecule has 0 bridgehead atoms. The second kappa shape index (κ2) is 6.56. The Bertz CT molecular complexity index is 582. The summed E-state index contributed by atoms with van der Waals surface area (Å²) in [6.07, 6.45) is 2.38. The molecule has 0 aliphatic rings. The molecule has 1 aromatic carbocycles. The number of esters is 1. The Morgan fingerprint density at radius 1 is 1.30 bits per heavy atom. The van der Waals surface area contributed by atoms with E-state index in [0.29, 0.717) is 17.9 Å². The molecule has 1 aromatic heterocycles. The molecule has 0 amide bonds. The smallest absolute Gasteiger partial charge is 0.341 e. The largest absolute Gasteiger partial charge is 0.508 e. The zero-order chi connectivity index (χ0) is 14.4. The molecule has 1 heterocycles. The van der Waals surface area contributed by atoms with Gasteiger partial charge in [0.2, 0.25) is 0 Å². The summed E-state index contributed by atoms with van der Waals surface area (Å²) in [5.41, 5.74) is 1.51. The number of carbonyl (C=O) groups is 1. The SMILES string of the molecule is COC(=O)c1cccnc1NCCc1ccc(O)cc1. The van der Waals surface area contributed by atoms with Crippen LogP contribution in [0.25, 0.3) is 0 Å². The monoisotopic (exact) mass is 272 g/mol. The van der Waals surface area contributed by atoms with E-state index in [-0.39, 0.29) is 5.75 Å². The Morgan fingerprint density at radius 2 is 2.05 bits per heavy atom. The predicted octanol–water partition coefficient (Wildman–Crippen LogP) is 2.23. The molecule has 2 rings (SSSR count). The van der Waals surface area contributed by atoms with Crippen LogP contribution >= 0.6 is 0 Å². The van der Waals surface area contributed by atoms with Gasteiger partial charge >= 0.3 is 5.97 Å². The minimum atomic E-state index is -0.412. The molecule has 104 valence electrons. The van der Waals surface area contributed by atoms with Crippen LogP contribution in [0.15, 0.2) is 42.6 Å². The van der Waals surface area contributed by atoms with E-state index in [0.717, 1.165) is 12.0 Å². The Morgan fingerprint density at radius 3 is 2.75 bits per heavy atom. The summed E-state index contributed by atoms with van der Waals surface area (Å²) >= 11 is 0. The quantitative estimate of drug-likeness (QED) is 0.817. The number of anilines is 1. The van der Waals surface area contributed by atoms with Crippen LogP contribution < -0.4 is 5.32 Å². The van der Waals surface area contributed by atoms with Gasteiger partial charge in [-0.05, 0) is 36.2 Å². The van der Waals surface area contributed by atoms with Crippen LogP contribution in [0.2, 0.25) is 0 Å². The standard InChI is InChI=1S/C15H16N2O3/c1-20-15(19)13-3-2-9-16-14(13)17-10-8-11-4-6-12(18)7-5-11/h2-7,9,18H,8,10H2,1H3,(H,16,17). The summed E-state index contributed by atoms with van der Waals surface area (Å²) in [7, 11) is 1.34. The van der Waals surface area contributed by atoms with Crippen LogP contribution in [0.1, 0.15) is 15.9 Å². The summed E-state index contributed by atoms with van der Waals surface area (Å²) in [4.78, 5) is 15.7. The molecule has 5 nitrogen and oxygen atoms in total. The van der Waals surface area contributed by atoms with Crippen molar-refractivity contribution in [2.24, 2.45) is 0 Å². The number of aromatic hydroxyl groups is 1. The second-order valence-electron chi connectivity index (χ2n) is 4.23. The third-order valence-corrected chi connectivity index (χ3v) is 2.86. The van der Waals surface area contributed by atoms with Gasteiger partial charge in [-0.3, -0.25) is 0 Å². The fraction of sp³-hybridized carbons (Fsp3) is 0.200. The van der Waals surface area contributed by atoms with Crippen LogP contribution in [-0.4, -0.2) is 29.7 Å². The molecule has 0 saturated carbocycles. The van der Waals surface area contributed by atoms with E-state index in [9.17, 15) is 9.90 Å². The lowest BCUT2D eigenvalue weighted by Crippen LogP contribution is -2.12. The minimum Gasteiger partial charge on any atom is -0.508 e. The maximum Gasteiger partial charge on any atom is 0.341 e. The average Bonchev–Trinajstić information content (AvgIpc) is 2.49. The Hall–Kier alpha value is -2.56. The van der Waals surface area contributed by atoms with Crippen molar-refractivity contribution in [1.82, 2.24) is 4.98 Å². The second-order valence-corrected chi connectivity index (χ2v) is 4.23. The summed E-state index contributed by atoms with van der Waals surface area (Å²) in [5.74, 6) is 0.350. The van der Waals surface area contributed by atoms with E-state index in [2.05, 4.69) is 10.3 Å². The fourth-order valence-corrected chi connectivity index (χ4v) is 1.81. The maximum absolute atomic E-state index is 11.6. The number of carbonyl (C=O) groups excluding carboxylic acids is 1. The van der Waals surface area contributed by atoms with Gasteiger partial charge in [-0.15, -0.1) is 0 Å². The number of phenols is 1. The van der Waals surface area contributed by atoms with Gasteiger partial charge in [-0.1, -0.05) is 12.1 Å². The van der Waals surface area contributed by atoms with Gasteiger partial charge in [0.15, 0.2) is 0 Å². The average molecular weight is 272 g/mol. The highest BCUT2D eigenvalue weighted by Crippen LogP contribution is 2.13. The van der Waals surface area contributed by atoms with Gasteiger partial charge in [-0.2, -0.15) is 0 Å². The molecule has 0 radical (unpaired) electrons. The van der Waals surface area contributed by atoms with Crippen LogP contribution in [0, 0.1) is 0 Å². The van der Waals surface area contributed by atoms with E-state index in [1.165, 1.54) is 7.11 Å². The van der Waals surface area contributed by atoms with Crippen molar-refractivity contribution in [3.05, 3.63) is 53.7 Å². The highest BCUT2D eigenvalue weighted by molar-refractivity contribution is 5.94. The third kappa shape index (κ3) is 3.47. The molecule has 0 unspecified atom stereocenters. The summed E-state index contributed by atoms with van der Waals surface area (Å²) in [6, 6.07) is 10.4. The zero-order valence-corrected chi connectivity index (χ0v) is 11.2. The van der Waals surface area contributed by atoms with Gasteiger partial charge < -0.3 is 15.2 Å². The molecule has 0 spiro atoms. The molecule has 20 heavy (non-hydrogen) atoms. The van der Waals surface area contributed by atoms with Crippen molar-refractivity contribution < 1.29 is 14.6 Å². The Balaban J connectivity index is 1.97. The molecular formula is C15H16N2O3. The molecule has 0 atom stereocenters. The van der Waals surface area contributed by atoms with E-state index in [1.54, 1.807) is 30.5 Å². The molecule has 2 aromatic rings. The van der Waals surface area contributed by atoms with E-state index >= 15 is 0 Å². The number of aromatic nitrogens is 1. The normalized spacial score (nSPS) is 10.1. The van der Waals surface area contributed by atoms with Gasteiger partial charge in [0.25, 0.3) is 0 Å². The Labute approximate surface area is 117 Å². The molecule has 0 fully saturated rings. The third-order valence-electron chi connectivity index (χ3n) is 2.86. The molecule has 0 aliphatic carbocycles. The molecule has 2 N–H and O–H groups in total. The van der Waals surface area contributed by atoms with Crippen molar-refractivity contribution in [2.75, 3.05) is 19.0 Å². The lowest BCUT2D eigenvalue weighted by molar-refractivity contribution is 0.0601. The van der Waals surface area contributed by atoms with Crippen molar-refractivity contribution in [2.45, 2.75) is 6.42 Å². The molecular weight excluding hydrogens is 256 g/mol. The van der Waals surface area contributed by atoms with Crippen molar-refractivity contribution in [1.29, 1.82) is 0 Å². The van der Waals surface area contributed by atoms with E-state index < -0.39 is 5.97 Å². The topological polar surface area (TPSA) is 71.5 Å². The number of hydrogen-bond acceptors (Lipinski definition) is 5. The number of hydrogen-bond donors (Lipinski definition) is 2. The molecule has 5 heteroatoms. The highest BCUT2D eigenvalue weighted by atomic mass is 16.5. The number of rotatable bonds is 5. The predicted molar refractivity (Wildman–Crippen MR) is 75.9 cm³/mol. The number of nitrogens with zero attached hydrogens (tertiary/aromatic N) is 1. The highest BCUT2D eigenvalue weighted by Gasteiger charge is 2.11. The summed E-state index contributed by atoms with van der Waals surface area (Å²) in [5, 5.41) is 12.3. The molecule has 0 saturated heterocycles. The number of phenolic OH excluding ortho intramolecular Hbond substituents is 1. The van der Waals surface area contributed by atoms with Crippen molar-refractivity contribution in [3.63, 3.8) is 0 Å². The number of pyridine rings is 1. The number of benzene rings is 1. The van der Waals surface area contributed by atoms with Gasteiger partial charge in [0.05, 0.1) is 7.11 Å². The van der Waals surface area contributed by atoms with Gasteiger partial charge in [0, 0.05) is 12.7 Å². The van der Waals surface area contributed by atoms with Crippen LogP contribution in [-0.2, 0) is 11.2 Å². The van der Waals surface area contributed by atoms with Crippen molar-refractivity contribution in [3.8, 4) is 5.75 Å².